The second-order valence-electron chi connectivity index (χ2n) is 10.3. The van der Waals surface area contributed by atoms with Gasteiger partial charge in [-0.15, -0.1) is 0 Å². The molecule has 1 aromatic heterocycles. The maximum Gasteiger partial charge on any atom is 0.422 e. The molecule has 0 spiro atoms. The minimum Gasteiger partial charge on any atom is -0.372 e. The molecule has 0 saturated carbocycles. The lowest BCUT2D eigenvalue weighted by atomic mass is 10.0. The Labute approximate surface area is 214 Å². The molecule has 0 radical (unpaired) electrons. The summed E-state index contributed by atoms with van der Waals surface area (Å²) in [6.07, 6.45) is 3.87. The summed E-state index contributed by atoms with van der Waals surface area (Å²) in [7, 11) is 4.27. The number of hydrogen-bond acceptors (Lipinski definition) is 6. The van der Waals surface area contributed by atoms with Crippen molar-refractivity contribution in [2.75, 3.05) is 39.5 Å². The molecule has 10 nitrogen and oxygen atoms in total. The number of urea groups is 1. The fourth-order valence-corrected chi connectivity index (χ4v) is 6.62. The fraction of sp³-hybridized carbons (Fsp3) is 0.600. The number of para-hydroxylation sites is 1. The van der Waals surface area contributed by atoms with Crippen LogP contribution in [0.15, 0.2) is 38.3 Å². The van der Waals surface area contributed by atoms with Gasteiger partial charge < -0.3 is 24.9 Å². The first-order valence-electron chi connectivity index (χ1n) is 12.6. The smallest absolute Gasteiger partial charge is 0.372 e. The number of fused-ring (bicyclic) bond motifs is 2. The van der Waals surface area contributed by atoms with Gasteiger partial charge in [-0.05, 0) is 25.0 Å². The average Bonchev–Trinajstić information content (AvgIpc) is 3.38. The zero-order valence-corrected chi connectivity index (χ0v) is 21.8. The number of aromatic nitrogens is 1. The molecule has 0 aliphatic carbocycles. The molecule has 1 aromatic carbocycles. The molecule has 11 heteroatoms. The number of aryl methyl sites for hydroxylation is 1. The third-order valence-corrected chi connectivity index (χ3v) is 8.56. The van der Waals surface area contributed by atoms with Crippen LogP contribution in [-0.4, -0.2) is 77.8 Å². The van der Waals surface area contributed by atoms with Crippen LogP contribution in [0.2, 0.25) is 0 Å². The molecule has 2 saturated heterocycles. The lowest BCUT2D eigenvalue weighted by Crippen LogP contribution is -2.43. The van der Waals surface area contributed by atoms with Crippen molar-refractivity contribution < 1.29 is 18.5 Å². The third kappa shape index (κ3) is 6.50. The van der Waals surface area contributed by atoms with Gasteiger partial charge >= 0.3 is 17.4 Å². The highest BCUT2D eigenvalue weighted by atomic mass is 32.2. The van der Waals surface area contributed by atoms with E-state index in [4.69, 9.17) is 4.42 Å². The first-order chi connectivity index (χ1) is 17.2. The number of benzene rings is 1. The normalized spacial score (nSPS) is 21.3. The lowest BCUT2D eigenvalue weighted by molar-refractivity contribution is -0.890. The summed E-state index contributed by atoms with van der Waals surface area (Å²) in [5.74, 6) is 0.386. The molecular formula is C25H36N5O5S+. The van der Waals surface area contributed by atoms with Gasteiger partial charge in [0.05, 0.1) is 50.2 Å². The second kappa shape index (κ2) is 11.5. The van der Waals surface area contributed by atoms with E-state index in [1.165, 1.54) is 4.57 Å². The molecule has 2 aliphatic heterocycles. The Bertz CT molecular complexity index is 1210. The molecule has 0 bridgehead atoms. The summed E-state index contributed by atoms with van der Waals surface area (Å²) in [4.78, 5) is 47.9. The van der Waals surface area contributed by atoms with Gasteiger partial charge in [-0.25, -0.2) is 14.4 Å². The number of carbonyl (C=O) groups excluding carboxylic acids is 2. The van der Waals surface area contributed by atoms with Crippen LogP contribution in [0, 0.1) is 0 Å². The van der Waals surface area contributed by atoms with Crippen LogP contribution in [-0.2, 0) is 11.3 Å². The number of nitrogens with zero attached hydrogens (tertiary/aromatic N) is 2. The van der Waals surface area contributed by atoms with Gasteiger partial charge in [0.25, 0.3) is 0 Å². The van der Waals surface area contributed by atoms with E-state index in [1.54, 1.807) is 24.3 Å². The van der Waals surface area contributed by atoms with Crippen molar-refractivity contribution in [3.8, 4) is 0 Å². The van der Waals surface area contributed by atoms with E-state index in [9.17, 15) is 19.2 Å². The number of amides is 3. The monoisotopic (exact) mass is 518 g/mol. The van der Waals surface area contributed by atoms with E-state index in [1.807, 2.05) is 11.8 Å². The molecular weight excluding hydrogens is 482 g/mol. The minimum atomic E-state index is -0.622. The van der Waals surface area contributed by atoms with Crippen LogP contribution in [0.1, 0.15) is 32.1 Å². The molecule has 196 valence electrons. The van der Waals surface area contributed by atoms with Crippen molar-refractivity contribution in [1.29, 1.82) is 0 Å². The molecule has 3 N–H and O–H groups in total. The Hall–Kier alpha value is -2.79. The van der Waals surface area contributed by atoms with Gasteiger partial charge in [0, 0.05) is 43.4 Å². The summed E-state index contributed by atoms with van der Waals surface area (Å²) >= 11 is 1.87. The van der Waals surface area contributed by atoms with Gasteiger partial charge in [0.15, 0.2) is 0 Å². The highest BCUT2D eigenvalue weighted by Gasteiger charge is 2.42. The van der Waals surface area contributed by atoms with Gasteiger partial charge in [-0.3, -0.25) is 9.36 Å². The van der Waals surface area contributed by atoms with E-state index in [2.05, 4.69) is 30.0 Å². The highest BCUT2D eigenvalue weighted by Crippen LogP contribution is 2.33. The summed E-state index contributed by atoms with van der Waals surface area (Å²) in [6.45, 7) is 2.86. The number of rotatable bonds is 12. The SMILES string of the molecule is C[N+](C)(CCCNC(=O)CCCC1SCC2NC(=O)NC21)CCCn1c(=O)oc(=O)c2ccccc21. The van der Waals surface area contributed by atoms with Crippen LogP contribution in [0.3, 0.4) is 0 Å². The predicted octanol–water partition coefficient (Wildman–Crippen LogP) is 1.26. The molecule has 36 heavy (non-hydrogen) atoms. The first-order valence-corrected chi connectivity index (χ1v) is 13.7. The quantitative estimate of drug-likeness (QED) is 0.221. The van der Waals surface area contributed by atoms with Crippen LogP contribution in [0.5, 0.6) is 0 Å². The average molecular weight is 519 g/mol. The Morgan fingerprint density at radius 2 is 1.92 bits per heavy atom. The van der Waals surface area contributed by atoms with Gasteiger partial charge in [-0.2, -0.15) is 11.8 Å². The van der Waals surface area contributed by atoms with Crippen LogP contribution < -0.4 is 27.3 Å². The molecule has 3 unspecified atom stereocenters. The Kier molecular flexibility index (Phi) is 8.40. The summed E-state index contributed by atoms with van der Waals surface area (Å²) in [5, 5.41) is 9.74. The molecule has 2 fully saturated rings. The highest BCUT2D eigenvalue weighted by molar-refractivity contribution is 8.00. The number of hydrogen-bond donors (Lipinski definition) is 3. The fourth-order valence-electron chi connectivity index (χ4n) is 5.08. The van der Waals surface area contributed by atoms with Crippen LogP contribution in [0.25, 0.3) is 10.9 Å². The number of quaternary nitrogens is 1. The molecule has 3 heterocycles. The van der Waals surface area contributed by atoms with Crippen LogP contribution >= 0.6 is 11.8 Å². The lowest BCUT2D eigenvalue weighted by Gasteiger charge is -2.30. The number of thioether (sulfide) groups is 1. The maximum absolute atomic E-state index is 12.2. The number of carbonyl (C=O) groups is 2. The van der Waals surface area contributed by atoms with E-state index in [0.717, 1.165) is 49.0 Å². The van der Waals surface area contributed by atoms with Crippen molar-refractivity contribution in [3.63, 3.8) is 0 Å². The Morgan fingerprint density at radius 1 is 1.14 bits per heavy atom. The van der Waals surface area contributed by atoms with E-state index < -0.39 is 11.4 Å². The molecule has 4 rings (SSSR count). The number of nitrogens with one attached hydrogen (secondary N) is 3. The van der Waals surface area contributed by atoms with Gasteiger partial charge in [0.2, 0.25) is 5.91 Å². The van der Waals surface area contributed by atoms with E-state index in [-0.39, 0.29) is 24.0 Å². The van der Waals surface area contributed by atoms with Crippen molar-refractivity contribution in [3.05, 3.63) is 45.2 Å². The Morgan fingerprint density at radius 3 is 2.75 bits per heavy atom. The van der Waals surface area contributed by atoms with Crippen molar-refractivity contribution >= 4 is 34.6 Å². The molecule has 3 atom stereocenters. The van der Waals surface area contributed by atoms with Crippen molar-refractivity contribution in [2.45, 2.75) is 56.0 Å². The van der Waals surface area contributed by atoms with Gasteiger partial charge in [-0.1, -0.05) is 12.1 Å². The minimum absolute atomic E-state index is 0.0743. The second-order valence-corrected chi connectivity index (χ2v) is 11.6. The molecule has 3 amide bonds. The largest absolute Gasteiger partial charge is 0.422 e. The predicted molar refractivity (Wildman–Crippen MR) is 140 cm³/mol. The summed E-state index contributed by atoms with van der Waals surface area (Å²) in [6, 6.07) is 7.32. The van der Waals surface area contributed by atoms with E-state index >= 15 is 0 Å². The summed E-state index contributed by atoms with van der Waals surface area (Å²) < 4.78 is 7.16. The Balaban J connectivity index is 1.12. The third-order valence-electron chi connectivity index (χ3n) is 7.05. The molecule has 2 aliphatic rings. The maximum atomic E-state index is 12.2. The van der Waals surface area contributed by atoms with Crippen molar-refractivity contribution in [2.24, 2.45) is 0 Å². The first kappa shape index (κ1) is 26.3. The van der Waals surface area contributed by atoms with Crippen molar-refractivity contribution in [1.82, 2.24) is 20.5 Å². The van der Waals surface area contributed by atoms with Gasteiger partial charge in [0.1, 0.15) is 0 Å². The topological polar surface area (TPSA) is 122 Å². The zero-order chi connectivity index (χ0) is 25.7. The standard InChI is InChI=1S/C25H35N5O5S/c1-30(2,15-7-13-29-19-9-4-3-8-17(19)23(32)35-25(29)34)14-6-12-26-21(31)11-5-10-20-22-18(16-36-20)27-24(33)28-22/h3-4,8-9,18,20,22H,5-7,10-16H2,1-2H3,(H2-,26,27,28,31,33)/p+1. The van der Waals surface area contributed by atoms with E-state index in [0.29, 0.717) is 35.7 Å². The summed E-state index contributed by atoms with van der Waals surface area (Å²) in [5.41, 5.74) is -0.00143. The molecule has 2 aromatic rings. The zero-order valence-electron chi connectivity index (χ0n) is 21.0. The van der Waals surface area contributed by atoms with Crippen LogP contribution in [0.4, 0.5) is 4.79 Å².